The molecule has 0 aliphatic rings. The fourth-order valence-corrected chi connectivity index (χ4v) is 2.60. The third kappa shape index (κ3) is 4.27. The molecule has 10 heteroatoms. The second kappa shape index (κ2) is 6.65. The SMILES string of the molecule is CC(NC(=O)OCC(F)(F)C(F)F)c1nc2ccc(F)cc2s1. The number of halogens is 5. The Morgan fingerprint density at radius 3 is 2.78 bits per heavy atom. The van der Waals surface area contributed by atoms with E-state index in [0.717, 1.165) is 11.3 Å². The molecule has 126 valence electrons. The van der Waals surface area contributed by atoms with Crippen molar-refractivity contribution in [1.82, 2.24) is 10.3 Å². The van der Waals surface area contributed by atoms with Crippen LogP contribution in [0, 0.1) is 5.82 Å². The smallest absolute Gasteiger partial charge is 0.407 e. The van der Waals surface area contributed by atoms with Crippen molar-refractivity contribution < 1.29 is 31.5 Å². The third-order valence-corrected chi connectivity index (χ3v) is 3.99. The highest BCUT2D eigenvalue weighted by Crippen LogP contribution is 2.27. The summed E-state index contributed by atoms with van der Waals surface area (Å²) in [4.78, 5) is 15.5. The number of benzene rings is 1. The minimum atomic E-state index is -4.41. The van der Waals surface area contributed by atoms with E-state index in [9.17, 15) is 26.7 Å². The van der Waals surface area contributed by atoms with Crippen molar-refractivity contribution in [3.8, 4) is 0 Å². The van der Waals surface area contributed by atoms with E-state index in [4.69, 9.17) is 0 Å². The number of fused-ring (bicyclic) bond motifs is 1. The van der Waals surface area contributed by atoms with Gasteiger partial charge in [0.25, 0.3) is 0 Å². The van der Waals surface area contributed by atoms with Crippen LogP contribution in [-0.4, -0.2) is 30.0 Å². The van der Waals surface area contributed by atoms with Gasteiger partial charge in [-0.2, -0.15) is 8.78 Å². The molecular formula is C13H11F5N2O2S. The zero-order valence-corrected chi connectivity index (χ0v) is 12.5. The van der Waals surface area contributed by atoms with E-state index in [1.54, 1.807) is 0 Å². The van der Waals surface area contributed by atoms with Crippen LogP contribution >= 0.6 is 11.3 Å². The molecule has 0 aliphatic heterocycles. The lowest BCUT2D eigenvalue weighted by atomic mass is 10.3. The molecule has 1 aromatic carbocycles. The normalized spacial score (nSPS) is 13.3. The minimum absolute atomic E-state index is 0.392. The van der Waals surface area contributed by atoms with Gasteiger partial charge in [0.2, 0.25) is 0 Å². The van der Waals surface area contributed by atoms with E-state index in [2.05, 4.69) is 15.0 Å². The summed E-state index contributed by atoms with van der Waals surface area (Å²) < 4.78 is 66.9. The molecule has 0 spiro atoms. The Morgan fingerprint density at radius 1 is 1.43 bits per heavy atom. The number of amides is 1. The molecule has 1 unspecified atom stereocenters. The van der Waals surface area contributed by atoms with E-state index in [-0.39, 0.29) is 0 Å². The topological polar surface area (TPSA) is 51.2 Å². The summed E-state index contributed by atoms with van der Waals surface area (Å²) in [6.45, 7) is -0.227. The number of rotatable bonds is 5. The third-order valence-electron chi connectivity index (χ3n) is 2.79. The van der Waals surface area contributed by atoms with Gasteiger partial charge < -0.3 is 10.1 Å². The second-order valence-electron chi connectivity index (χ2n) is 4.67. The zero-order chi connectivity index (χ0) is 17.2. The number of thiazole rings is 1. The van der Waals surface area contributed by atoms with Crippen LogP contribution in [0.2, 0.25) is 0 Å². The quantitative estimate of drug-likeness (QED) is 0.822. The molecule has 2 aromatic rings. The van der Waals surface area contributed by atoms with Crippen molar-refractivity contribution >= 4 is 27.6 Å². The molecule has 1 atom stereocenters. The molecule has 1 N–H and O–H groups in total. The Morgan fingerprint density at radius 2 is 2.13 bits per heavy atom. The highest BCUT2D eigenvalue weighted by Gasteiger charge is 2.42. The monoisotopic (exact) mass is 354 g/mol. The number of aromatic nitrogens is 1. The zero-order valence-electron chi connectivity index (χ0n) is 11.7. The number of alkyl carbamates (subject to hydrolysis) is 1. The molecule has 23 heavy (non-hydrogen) atoms. The number of nitrogens with one attached hydrogen (secondary N) is 1. The molecule has 0 saturated heterocycles. The molecule has 1 aromatic heterocycles. The number of ether oxygens (including phenoxy) is 1. The number of alkyl halides is 4. The van der Waals surface area contributed by atoms with Crippen LogP contribution < -0.4 is 5.32 Å². The van der Waals surface area contributed by atoms with Crippen LogP contribution in [0.1, 0.15) is 18.0 Å². The Balaban J connectivity index is 1.97. The first-order valence-electron chi connectivity index (χ1n) is 6.34. The molecule has 0 bridgehead atoms. The summed E-state index contributed by atoms with van der Waals surface area (Å²) in [6.07, 6.45) is -5.20. The first-order valence-corrected chi connectivity index (χ1v) is 7.16. The molecule has 0 aliphatic carbocycles. The molecule has 0 radical (unpaired) electrons. The number of carbonyl (C=O) groups is 1. The fourth-order valence-electron chi connectivity index (χ4n) is 1.61. The van der Waals surface area contributed by atoms with E-state index in [1.165, 1.54) is 25.1 Å². The van der Waals surface area contributed by atoms with Crippen LogP contribution in [-0.2, 0) is 4.74 Å². The summed E-state index contributed by atoms with van der Waals surface area (Å²) in [6, 6.07) is 3.23. The van der Waals surface area contributed by atoms with Gasteiger partial charge in [0.15, 0.2) is 6.61 Å². The second-order valence-corrected chi connectivity index (χ2v) is 5.73. The molecule has 4 nitrogen and oxygen atoms in total. The maximum atomic E-state index is 13.1. The Hall–Kier alpha value is -1.97. The minimum Gasteiger partial charge on any atom is -0.443 e. The summed E-state index contributed by atoms with van der Waals surface area (Å²) in [7, 11) is 0. The first-order chi connectivity index (χ1) is 10.7. The molecular weight excluding hydrogens is 343 g/mol. The number of hydrogen-bond acceptors (Lipinski definition) is 4. The van der Waals surface area contributed by atoms with Crippen molar-refractivity contribution in [1.29, 1.82) is 0 Å². The van der Waals surface area contributed by atoms with Crippen molar-refractivity contribution in [2.45, 2.75) is 25.3 Å². The maximum absolute atomic E-state index is 13.1. The Labute approximate surface area is 131 Å². The first kappa shape index (κ1) is 17.4. The lowest BCUT2D eigenvalue weighted by Crippen LogP contribution is -2.36. The number of hydrogen-bond donors (Lipinski definition) is 1. The number of nitrogens with zero attached hydrogens (tertiary/aromatic N) is 1. The molecule has 0 fully saturated rings. The van der Waals surface area contributed by atoms with E-state index in [1.807, 2.05) is 0 Å². The van der Waals surface area contributed by atoms with Crippen molar-refractivity contribution in [3.05, 3.63) is 29.0 Å². The van der Waals surface area contributed by atoms with Crippen LogP contribution in [0.3, 0.4) is 0 Å². The van der Waals surface area contributed by atoms with Crippen molar-refractivity contribution in [2.75, 3.05) is 6.61 Å². The summed E-state index contributed by atoms with van der Waals surface area (Å²) in [5, 5.41) is 2.59. The molecule has 0 saturated carbocycles. The van der Waals surface area contributed by atoms with E-state index >= 15 is 0 Å². The molecule has 1 amide bonds. The number of carbonyl (C=O) groups excluding carboxylic acids is 1. The van der Waals surface area contributed by atoms with E-state index < -0.39 is 36.9 Å². The van der Waals surface area contributed by atoms with Gasteiger partial charge in [0.05, 0.1) is 16.3 Å². The highest BCUT2D eigenvalue weighted by atomic mass is 32.1. The molecule has 2 rings (SSSR count). The average molecular weight is 354 g/mol. The maximum Gasteiger partial charge on any atom is 0.407 e. The van der Waals surface area contributed by atoms with Gasteiger partial charge >= 0.3 is 18.4 Å². The predicted molar refractivity (Wildman–Crippen MR) is 73.4 cm³/mol. The largest absolute Gasteiger partial charge is 0.443 e. The van der Waals surface area contributed by atoms with Gasteiger partial charge in [0, 0.05) is 0 Å². The highest BCUT2D eigenvalue weighted by molar-refractivity contribution is 7.18. The van der Waals surface area contributed by atoms with Gasteiger partial charge in [0.1, 0.15) is 10.8 Å². The summed E-state index contributed by atoms with van der Waals surface area (Å²) >= 11 is 1.10. The summed E-state index contributed by atoms with van der Waals surface area (Å²) in [5.74, 6) is -4.85. The van der Waals surface area contributed by atoms with Crippen molar-refractivity contribution in [2.24, 2.45) is 0 Å². The fraction of sp³-hybridized carbons (Fsp3) is 0.385. The predicted octanol–water partition coefficient (Wildman–Crippen LogP) is 4.12. The summed E-state index contributed by atoms with van der Waals surface area (Å²) in [5.41, 5.74) is 0.512. The van der Waals surface area contributed by atoms with E-state index in [0.29, 0.717) is 15.2 Å². The van der Waals surface area contributed by atoms with Gasteiger partial charge in [-0.3, -0.25) is 0 Å². The lowest BCUT2D eigenvalue weighted by Gasteiger charge is -2.16. The van der Waals surface area contributed by atoms with Crippen LogP contribution in [0.15, 0.2) is 18.2 Å². The van der Waals surface area contributed by atoms with Crippen molar-refractivity contribution in [3.63, 3.8) is 0 Å². The van der Waals surface area contributed by atoms with Gasteiger partial charge in [-0.15, -0.1) is 11.3 Å². The van der Waals surface area contributed by atoms with Crippen LogP contribution in [0.25, 0.3) is 10.2 Å². The standard InChI is InChI=1S/C13H11F5N2O2S/c1-6(19-12(21)22-5-13(17,18)11(15)16)10-20-8-3-2-7(14)4-9(8)23-10/h2-4,6,11H,5H2,1H3,(H,19,21). The van der Waals surface area contributed by atoms with Gasteiger partial charge in [-0.05, 0) is 25.1 Å². The molecule has 1 heterocycles. The Bertz CT molecular complexity index is 707. The average Bonchev–Trinajstić information content (AvgIpc) is 2.88. The Kier molecular flexibility index (Phi) is 5.03. The van der Waals surface area contributed by atoms with Gasteiger partial charge in [-0.25, -0.2) is 22.9 Å². The van der Waals surface area contributed by atoms with Crippen LogP contribution in [0.5, 0.6) is 0 Å². The lowest BCUT2D eigenvalue weighted by molar-refractivity contribution is -0.154. The van der Waals surface area contributed by atoms with Gasteiger partial charge in [-0.1, -0.05) is 0 Å². The van der Waals surface area contributed by atoms with Crippen LogP contribution in [0.4, 0.5) is 26.7 Å².